The largest absolute Gasteiger partial charge is 0.462 e. The molecular formula is C63H116O6. The summed E-state index contributed by atoms with van der Waals surface area (Å²) >= 11 is 0. The van der Waals surface area contributed by atoms with Crippen LogP contribution in [0.3, 0.4) is 0 Å². The molecule has 0 aliphatic rings. The summed E-state index contributed by atoms with van der Waals surface area (Å²) < 4.78 is 16.9. The molecule has 0 spiro atoms. The minimum atomic E-state index is -0.777. The summed E-state index contributed by atoms with van der Waals surface area (Å²) in [5.74, 6) is -0.871. The lowest BCUT2D eigenvalue weighted by Crippen LogP contribution is -2.30. The van der Waals surface area contributed by atoms with E-state index in [1.165, 1.54) is 225 Å². The van der Waals surface area contributed by atoms with Gasteiger partial charge in [-0.25, -0.2) is 0 Å². The quantitative estimate of drug-likeness (QED) is 0.0261. The average molecular weight is 970 g/mol. The van der Waals surface area contributed by atoms with Gasteiger partial charge in [-0.15, -0.1) is 0 Å². The SMILES string of the molecule is CCCCCC/C=C\CCCCCCCC(=O)O[C@@H](COC(=O)CCCCCCCCC/C=C\CCCCCCCC)COC(=O)CCCCCCCCCCCCC/C=C\CCCCCCCC. The maximum Gasteiger partial charge on any atom is 0.306 e. The van der Waals surface area contributed by atoms with Gasteiger partial charge in [0.25, 0.3) is 0 Å². The van der Waals surface area contributed by atoms with Crippen LogP contribution >= 0.6 is 0 Å². The van der Waals surface area contributed by atoms with Crippen molar-refractivity contribution in [1.82, 2.24) is 0 Å². The summed E-state index contributed by atoms with van der Waals surface area (Å²) in [6.45, 7) is 6.65. The Kier molecular flexibility index (Phi) is 56.2. The highest BCUT2D eigenvalue weighted by atomic mass is 16.6. The third-order valence-corrected chi connectivity index (χ3v) is 13.6. The predicted molar refractivity (Wildman–Crippen MR) is 298 cm³/mol. The van der Waals surface area contributed by atoms with Gasteiger partial charge in [0.2, 0.25) is 0 Å². The molecule has 0 rings (SSSR count). The van der Waals surface area contributed by atoms with Crippen molar-refractivity contribution < 1.29 is 28.6 Å². The Morgan fingerprint density at radius 2 is 0.478 bits per heavy atom. The van der Waals surface area contributed by atoms with Crippen LogP contribution in [0.15, 0.2) is 36.5 Å². The molecule has 0 N–H and O–H groups in total. The second kappa shape index (κ2) is 58.2. The summed E-state index contributed by atoms with van der Waals surface area (Å²) in [6.07, 6.45) is 70.0. The first-order valence-corrected chi connectivity index (χ1v) is 30.5. The standard InChI is InChI=1S/C63H116O6/c1-4-7-10-13-16-19-22-25-27-29-30-31-32-34-36-39-41-44-47-50-53-56-62(65)68-59-60(69-63(66)57-54-51-48-45-42-37-24-21-18-15-12-9-6-3)58-67-61(64)55-52-49-46-43-40-38-35-33-28-26-23-20-17-14-11-8-5-2/h21,24-28,60H,4-20,22-23,29-59H2,1-3H3/b24-21-,27-25-,28-26-/t60-/m0/s1. The van der Waals surface area contributed by atoms with Crippen molar-refractivity contribution in [2.45, 2.75) is 335 Å². The van der Waals surface area contributed by atoms with Crippen LogP contribution in [0.4, 0.5) is 0 Å². The Balaban J connectivity index is 4.30. The normalized spacial score (nSPS) is 12.2. The lowest BCUT2D eigenvalue weighted by molar-refractivity contribution is -0.167. The van der Waals surface area contributed by atoms with E-state index in [9.17, 15) is 14.4 Å². The van der Waals surface area contributed by atoms with E-state index in [2.05, 4.69) is 57.2 Å². The van der Waals surface area contributed by atoms with Gasteiger partial charge < -0.3 is 14.2 Å². The Morgan fingerprint density at radius 1 is 0.275 bits per heavy atom. The Labute approximate surface area is 429 Å². The van der Waals surface area contributed by atoms with Crippen molar-refractivity contribution in [2.75, 3.05) is 13.2 Å². The Bertz CT molecular complexity index is 1160. The molecule has 0 amide bonds. The van der Waals surface area contributed by atoms with Crippen molar-refractivity contribution in [3.05, 3.63) is 36.5 Å². The fourth-order valence-electron chi connectivity index (χ4n) is 8.96. The highest BCUT2D eigenvalue weighted by Crippen LogP contribution is 2.16. The highest BCUT2D eigenvalue weighted by molar-refractivity contribution is 5.71. The first-order chi connectivity index (χ1) is 34.0. The van der Waals surface area contributed by atoms with E-state index in [4.69, 9.17) is 14.2 Å². The third-order valence-electron chi connectivity index (χ3n) is 13.6. The van der Waals surface area contributed by atoms with E-state index in [0.29, 0.717) is 19.3 Å². The molecular weight excluding hydrogens is 853 g/mol. The minimum Gasteiger partial charge on any atom is -0.462 e. The van der Waals surface area contributed by atoms with Crippen LogP contribution in [0.5, 0.6) is 0 Å². The monoisotopic (exact) mass is 969 g/mol. The van der Waals surface area contributed by atoms with Gasteiger partial charge in [-0.3, -0.25) is 14.4 Å². The summed E-state index contributed by atoms with van der Waals surface area (Å²) in [5, 5.41) is 0. The topological polar surface area (TPSA) is 78.9 Å². The van der Waals surface area contributed by atoms with Crippen molar-refractivity contribution in [1.29, 1.82) is 0 Å². The predicted octanol–water partition coefficient (Wildman–Crippen LogP) is 20.4. The summed E-state index contributed by atoms with van der Waals surface area (Å²) in [5.41, 5.74) is 0. The molecule has 0 bridgehead atoms. The molecule has 69 heavy (non-hydrogen) atoms. The number of rotatable bonds is 56. The van der Waals surface area contributed by atoms with Gasteiger partial charge in [-0.05, 0) is 96.3 Å². The van der Waals surface area contributed by atoms with Gasteiger partial charge in [0.15, 0.2) is 6.10 Å². The zero-order chi connectivity index (χ0) is 50.0. The molecule has 0 aromatic carbocycles. The first-order valence-electron chi connectivity index (χ1n) is 30.5. The molecule has 0 unspecified atom stereocenters. The maximum atomic E-state index is 12.8. The van der Waals surface area contributed by atoms with Crippen molar-refractivity contribution >= 4 is 17.9 Å². The number of hydrogen-bond donors (Lipinski definition) is 0. The van der Waals surface area contributed by atoms with E-state index in [0.717, 1.165) is 64.2 Å². The van der Waals surface area contributed by atoms with Crippen molar-refractivity contribution in [3.63, 3.8) is 0 Å². The molecule has 0 aromatic rings. The molecule has 0 radical (unpaired) electrons. The molecule has 0 aliphatic carbocycles. The molecule has 0 saturated heterocycles. The maximum absolute atomic E-state index is 12.8. The molecule has 0 fully saturated rings. The average Bonchev–Trinajstić information content (AvgIpc) is 3.35. The van der Waals surface area contributed by atoms with Crippen LogP contribution in [0, 0.1) is 0 Å². The highest BCUT2D eigenvalue weighted by Gasteiger charge is 2.19. The number of hydrogen-bond acceptors (Lipinski definition) is 6. The van der Waals surface area contributed by atoms with Gasteiger partial charge in [0, 0.05) is 19.3 Å². The van der Waals surface area contributed by atoms with E-state index in [-0.39, 0.29) is 31.1 Å². The van der Waals surface area contributed by atoms with Crippen LogP contribution in [0.1, 0.15) is 329 Å². The lowest BCUT2D eigenvalue weighted by atomic mass is 10.0. The van der Waals surface area contributed by atoms with Gasteiger partial charge in [0.1, 0.15) is 13.2 Å². The van der Waals surface area contributed by atoms with Gasteiger partial charge in [0.05, 0.1) is 0 Å². The zero-order valence-corrected chi connectivity index (χ0v) is 46.3. The van der Waals surface area contributed by atoms with Crippen LogP contribution in [-0.4, -0.2) is 37.2 Å². The van der Waals surface area contributed by atoms with Crippen molar-refractivity contribution in [3.8, 4) is 0 Å². The van der Waals surface area contributed by atoms with Crippen LogP contribution in [0.25, 0.3) is 0 Å². The first kappa shape index (κ1) is 66.6. The number of esters is 3. The number of carbonyl (C=O) groups excluding carboxylic acids is 3. The van der Waals surface area contributed by atoms with E-state index < -0.39 is 6.10 Å². The van der Waals surface area contributed by atoms with Crippen LogP contribution < -0.4 is 0 Å². The molecule has 0 heterocycles. The van der Waals surface area contributed by atoms with E-state index in [1.807, 2.05) is 0 Å². The summed E-state index contributed by atoms with van der Waals surface area (Å²) in [7, 11) is 0. The number of unbranched alkanes of at least 4 members (excludes halogenated alkanes) is 39. The second-order valence-corrected chi connectivity index (χ2v) is 20.6. The summed E-state index contributed by atoms with van der Waals surface area (Å²) in [4.78, 5) is 38.2. The molecule has 6 heteroatoms. The number of carbonyl (C=O) groups is 3. The molecule has 1 atom stereocenters. The number of allylic oxidation sites excluding steroid dienone is 6. The molecule has 0 aliphatic heterocycles. The van der Waals surface area contributed by atoms with Gasteiger partial charge in [-0.2, -0.15) is 0 Å². The number of ether oxygens (including phenoxy) is 3. The molecule has 0 saturated carbocycles. The van der Waals surface area contributed by atoms with E-state index in [1.54, 1.807) is 0 Å². The van der Waals surface area contributed by atoms with Crippen LogP contribution in [-0.2, 0) is 28.6 Å². The fourth-order valence-corrected chi connectivity index (χ4v) is 8.96. The van der Waals surface area contributed by atoms with Crippen LogP contribution in [0.2, 0.25) is 0 Å². The van der Waals surface area contributed by atoms with Crippen molar-refractivity contribution in [2.24, 2.45) is 0 Å². The minimum absolute atomic E-state index is 0.0746. The lowest BCUT2D eigenvalue weighted by Gasteiger charge is -2.18. The fraction of sp³-hybridized carbons (Fsp3) is 0.857. The third kappa shape index (κ3) is 56.4. The van der Waals surface area contributed by atoms with Gasteiger partial charge >= 0.3 is 17.9 Å². The second-order valence-electron chi connectivity index (χ2n) is 20.6. The Hall–Kier alpha value is -2.37. The summed E-state index contributed by atoms with van der Waals surface area (Å²) in [6, 6.07) is 0. The Morgan fingerprint density at radius 3 is 0.739 bits per heavy atom. The van der Waals surface area contributed by atoms with Gasteiger partial charge in [-0.1, -0.05) is 250 Å². The molecule has 0 aromatic heterocycles. The molecule has 404 valence electrons. The smallest absolute Gasteiger partial charge is 0.306 e. The molecule has 6 nitrogen and oxygen atoms in total. The van der Waals surface area contributed by atoms with E-state index >= 15 is 0 Å². The zero-order valence-electron chi connectivity index (χ0n) is 46.3.